The van der Waals surface area contributed by atoms with Gasteiger partial charge in [0.15, 0.2) is 11.2 Å². The van der Waals surface area contributed by atoms with Crippen molar-refractivity contribution in [2.24, 2.45) is 0 Å². The highest BCUT2D eigenvalue weighted by Crippen LogP contribution is 2.07. The molecular weight excluding hydrogens is 220 g/mol. The van der Waals surface area contributed by atoms with Crippen LogP contribution in [0.4, 0.5) is 0 Å². The summed E-state index contributed by atoms with van der Waals surface area (Å²) in [4.78, 5) is 20.9. The van der Waals surface area contributed by atoms with Crippen molar-refractivity contribution in [3.05, 3.63) is 0 Å². The zero-order valence-corrected chi connectivity index (χ0v) is 10.7. The molecule has 0 bridgehead atoms. The Kier molecular flexibility index (Phi) is 5.28. The van der Waals surface area contributed by atoms with Gasteiger partial charge in [-0.2, -0.15) is 0 Å². The van der Waals surface area contributed by atoms with Crippen molar-refractivity contribution >= 4 is 12.4 Å². The fourth-order valence-electron chi connectivity index (χ4n) is 0.898. The fraction of sp³-hybridized carbons (Fsp3) is 0.538. The lowest BCUT2D eigenvalue weighted by molar-refractivity contribution is -0.149. The number of hydrogen-bond donors (Lipinski definition) is 0. The third-order valence-corrected chi connectivity index (χ3v) is 1.53. The molecule has 0 radical (unpaired) electrons. The summed E-state index contributed by atoms with van der Waals surface area (Å²) in [6.07, 6.45) is 0. The summed E-state index contributed by atoms with van der Waals surface area (Å²) < 4.78 is 9.67. The molecule has 0 aromatic heterocycles. The fourth-order valence-corrected chi connectivity index (χ4v) is 0.898. The second-order valence-electron chi connectivity index (χ2n) is 4.33. The summed E-state index contributed by atoms with van der Waals surface area (Å²) in [6, 6.07) is 0. The van der Waals surface area contributed by atoms with Crippen LogP contribution in [-0.4, -0.2) is 23.6 Å². The van der Waals surface area contributed by atoms with Gasteiger partial charge in [-0.25, -0.2) is 0 Å². The first-order chi connectivity index (χ1) is 7.68. The van der Waals surface area contributed by atoms with E-state index in [0.29, 0.717) is 6.47 Å². The molecule has 0 aromatic rings. The van der Waals surface area contributed by atoms with Crippen LogP contribution in [0.25, 0.3) is 0 Å². The van der Waals surface area contributed by atoms with E-state index in [0.717, 1.165) is 0 Å². The molecule has 0 heterocycles. The number of rotatable bonds is 3. The lowest BCUT2D eigenvalue weighted by Crippen LogP contribution is -2.24. The molecule has 0 unspecified atom stereocenters. The molecule has 4 heteroatoms. The van der Waals surface area contributed by atoms with Gasteiger partial charge in [-0.3, -0.25) is 9.59 Å². The van der Waals surface area contributed by atoms with Crippen LogP contribution >= 0.6 is 0 Å². The third-order valence-electron chi connectivity index (χ3n) is 1.53. The van der Waals surface area contributed by atoms with Crippen LogP contribution in [0.2, 0.25) is 0 Å². The van der Waals surface area contributed by atoms with E-state index in [2.05, 4.69) is 23.7 Å². The summed E-state index contributed by atoms with van der Waals surface area (Å²) in [5, 5.41) is 0. The van der Waals surface area contributed by atoms with Crippen molar-refractivity contribution in [1.29, 1.82) is 0 Å². The SMILES string of the molecule is CC(=O)OC(C)(C)C#CC#CC(C)(C)OC=O. The van der Waals surface area contributed by atoms with E-state index in [-0.39, 0.29) is 0 Å². The number of carbonyl (C=O) groups excluding carboxylic acids is 2. The van der Waals surface area contributed by atoms with Crippen molar-refractivity contribution < 1.29 is 19.1 Å². The van der Waals surface area contributed by atoms with Crippen molar-refractivity contribution in [2.45, 2.75) is 45.8 Å². The number of esters is 1. The largest absolute Gasteiger partial charge is 0.449 e. The third kappa shape index (κ3) is 7.93. The monoisotopic (exact) mass is 236 g/mol. The first-order valence-corrected chi connectivity index (χ1v) is 5.04. The van der Waals surface area contributed by atoms with Crippen molar-refractivity contribution in [1.82, 2.24) is 0 Å². The van der Waals surface area contributed by atoms with E-state index in [1.54, 1.807) is 27.7 Å². The van der Waals surface area contributed by atoms with E-state index in [9.17, 15) is 9.59 Å². The first kappa shape index (κ1) is 15.1. The molecule has 0 fully saturated rings. The Labute approximate surface area is 102 Å². The smallest absolute Gasteiger partial charge is 0.304 e. The van der Waals surface area contributed by atoms with Crippen LogP contribution < -0.4 is 0 Å². The number of hydrogen-bond acceptors (Lipinski definition) is 4. The lowest BCUT2D eigenvalue weighted by atomic mass is 10.1. The van der Waals surface area contributed by atoms with Gasteiger partial charge >= 0.3 is 5.97 Å². The molecule has 0 spiro atoms. The molecule has 0 aromatic carbocycles. The maximum absolute atomic E-state index is 10.8. The van der Waals surface area contributed by atoms with Gasteiger partial charge in [-0.05, 0) is 51.4 Å². The minimum absolute atomic E-state index is 0.338. The highest BCUT2D eigenvalue weighted by atomic mass is 16.6. The van der Waals surface area contributed by atoms with Crippen LogP contribution in [0, 0.1) is 23.7 Å². The zero-order chi connectivity index (χ0) is 13.5. The van der Waals surface area contributed by atoms with E-state index in [1.165, 1.54) is 6.92 Å². The van der Waals surface area contributed by atoms with E-state index in [4.69, 9.17) is 9.47 Å². The van der Waals surface area contributed by atoms with Gasteiger partial charge < -0.3 is 9.47 Å². The second-order valence-corrected chi connectivity index (χ2v) is 4.33. The van der Waals surface area contributed by atoms with Crippen molar-refractivity contribution in [2.75, 3.05) is 0 Å². The van der Waals surface area contributed by atoms with Crippen LogP contribution in [-0.2, 0) is 19.1 Å². The highest BCUT2D eigenvalue weighted by Gasteiger charge is 2.17. The topological polar surface area (TPSA) is 52.6 Å². The Bertz CT molecular complexity index is 410. The molecule has 0 saturated carbocycles. The van der Waals surface area contributed by atoms with E-state index < -0.39 is 17.2 Å². The minimum Gasteiger partial charge on any atom is -0.449 e. The normalized spacial score (nSPS) is 10.2. The average Bonchev–Trinajstić information content (AvgIpc) is 2.10. The number of ether oxygens (including phenoxy) is 2. The molecular formula is C13H16O4. The molecule has 0 aliphatic heterocycles. The molecule has 0 atom stereocenters. The van der Waals surface area contributed by atoms with Crippen molar-refractivity contribution in [3.63, 3.8) is 0 Å². The molecule has 0 N–H and O–H groups in total. The summed E-state index contributed by atoms with van der Waals surface area (Å²) in [6.45, 7) is 8.27. The molecule has 0 aliphatic rings. The maximum atomic E-state index is 10.8. The molecule has 17 heavy (non-hydrogen) atoms. The Balaban J connectivity index is 4.63. The van der Waals surface area contributed by atoms with Gasteiger partial charge in [-0.1, -0.05) is 0 Å². The molecule has 0 saturated heterocycles. The van der Waals surface area contributed by atoms with Gasteiger partial charge in [0, 0.05) is 6.92 Å². The van der Waals surface area contributed by atoms with Gasteiger partial charge in [0.25, 0.3) is 6.47 Å². The quantitative estimate of drug-likeness (QED) is 0.421. The van der Waals surface area contributed by atoms with Crippen molar-refractivity contribution in [3.8, 4) is 23.7 Å². The average molecular weight is 236 g/mol. The van der Waals surface area contributed by atoms with Gasteiger partial charge in [-0.15, -0.1) is 0 Å². The zero-order valence-electron chi connectivity index (χ0n) is 10.7. The molecule has 0 amide bonds. The highest BCUT2D eigenvalue weighted by molar-refractivity contribution is 5.67. The molecule has 0 rings (SSSR count). The lowest BCUT2D eigenvalue weighted by Gasteiger charge is -2.16. The van der Waals surface area contributed by atoms with Crippen LogP contribution in [0.15, 0.2) is 0 Å². The van der Waals surface area contributed by atoms with Crippen LogP contribution in [0.5, 0.6) is 0 Å². The maximum Gasteiger partial charge on any atom is 0.304 e. The first-order valence-electron chi connectivity index (χ1n) is 5.04. The molecule has 4 nitrogen and oxygen atoms in total. The van der Waals surface area contributed by atoms with E-state index >= 15 is 0 Å². The van der Waals surface area contributed by atoms with Gasteiger partial charge in [0.1, 0.15) is 0 Å². The summed E-state index contributed by atoms with van der Waals surface area (Å²) in [5.74, 6) is 10.1. The van der Waals surface area contributed by atoms with Gasteiger partial charge in [0.05, 0.1) is 0 Å². The molecule has 0 aliphatic carbocycles. The van der Waals surface area contributed by atoms with Crippen LogP contribution in [0.1, 0.15) is 34.6 Å². The Morgan fingerprint density at radius 3 is 1.94 bits per heavy atom. The van der Waals surface area contributed by atoms with E-state index in [1.807, 2.05) is 0 Å². The van der Waals surface area contributed by atoms with Gasteiger partial charge in [0.2, 0.25) is 0 Å². The Morgan fingerprint density at radius 1 is 1.06 bits per heavy atom. The predicted octanol–water partition coefficient (Wildman–Crippen LogP) is 1.29. The predicted molar refractivity (Wildman–Crippen MR) is 62.6 cm³/mol. The summed E-state index contributed by atoms with van der Waals surface area (Å²) in [5.41, 5.74) is -1.75. The number of carbonyl (C=O) groups is 2. The second kappa shape index (κ2) is 5.96. The summed E-state index contributed by atoms with van der Waals surface area (Å²) >= 11 is 0. The summed E-state index contributed by atoms with van der Waals surface area (Å²) in [7, 11) is 0. The van der Waals surface area contributed by atoms with Crippen LogP contribution in [0.3, 0.4) is 0 Å². The standard InChI is InChI=1S/C13H16O4/c1-11(15)17-13(4,5)9-7-6-8-12(2,3)16-10-14/h10H,1-5H3. The Hall–Kier alpha value is -1.94. The minimum atomic E-state index is -0.879. The Morgan fingerprint density at radius 2 is 1.53 bits per heavy atom. The molecule has 92 valence electrons.